The van der Waals surface area contributed by atoms with E-state index in [4.69, 9.17) is 9.47 Å². The van der Waals surface area contributed by atoms with Crippen LogP contribution in [0.1, 0.15) is 18.9 Å². The van der Waals surface area contributed by atoms with Crippen LogP contribution < -0.4 is 20.1 Å². The van der Waals surface area contributed by atoms with E-state index in [0.29, 0.717) is 6.04 Å². The number of rotatable bonds is 6. The number of guanidine groups is 1. The molecule has 0 aromatic heterocycles. The van der Waals surface area contributed by atoms with Crippen LogP contribution in [0.5, 0.6) is 11.5 Å². The molecule has 1 fully saturated rings. The van der Waals surface area contributed by atoms with Crippen LogP contribution in [-0.2, 0) is 6.42 Å². The van der Waals surface area contributed by atoms with Crippen molar-refractivity contribution in [1.82, 2.24) is 10.6 Å². The van der Waals surface area contributed by atoms with Gasteiger partial charge in [-0.3, -0.25) is 4.99 Å². The summed E-state index contributed by atoms with van der Waals surface area (Å²) in [6.45, 7) is 3.07. The molecule has 2 rings (SSSR count). The number of aliphatic imine (C=N–C) groups is 1. The van der Waals surface area contributed by atoms with Crippen molar-refractivity contribution < 1.29 is 9.47 Å². The van der Waals surface area contributed by atoms with Gasteiger partial charge < -0.3 is 20.1 Å². The molecular formula is C16H25N3O2. The Bertz CT molecular complexity index is 502. The van der Waals surface area contributed by atoms with E-state index in [2.05, 4.69) is 28.6 Å². The summed E-state index contributed by atoms with van der Waals surface area (Å²) in [5, 5.41) is 6.75. The van der Waals surface area contributed by atoms with Crippen LogP contribution in [0, 0.1) is 5.92 Å². The highest BCUT2D eigenvalue weighted by molar-refractivity contribution is 5.80. The summed E-state index contributed by atoms with van der Waals surface area (Å²) in [6, 6.07) is 6.59. The van der Waals surface area contributed by atoms with Crippen molar-refractivity contribution in [3.8, 4) is 11.5 Å². The first-order chi connectivity index (χ1) is 10.2. The molecule has 0 amide bonds. The van der Waals surface area contributed by atoms with Gasteiger partial charge in [0.15, 0.2) is 17.5 Å². The van der Waals surface area contributed by atoms with Gasteiger partial charge in [0.05, 0.1) is 14.2 Å². The largest absolute Gasteiger partial charge is 0.493 e. The SMILES string of the molecule is CN=C(NCCc1ccc(OC)c(OC)c1)NC1CC1C. The van der Waals surface area contributed by atoms with E-state index < -0.39 is 0 Å². The van der Waals surface area contributed by atoms with E-state index in [9.17, 15) is 0 Å². The lowest BCUT2D eigenvalue weighted by atomic mass is 10.1. The second kappa shape index (κ2) is 7.20. The highest BCUT2D eigenvalue weighted by atomic mass is 16.5. The molecule has 21 heavy (non-hydrogen) atoms. The fraction of sp³-hybridized carbons (Fsp3) is 0.562. The highest BCUT2D eigenvalue weighted by Gasteiger charge is 2.33. The average molecular weight is 291 g/mol. The summed E-state index contributed by atoms with van der Waals surface area (Å²) >= 11 is 0. The van der Waals surface area contributed by atoms with Gasteiger partial charge in [-0.1, -0.05) is 13.0 Å². The van der Waals surface area contributed by atoms with Crippen LogP contribution in [0.4, 0.5) is 0 Å². The van der Waals surface area contributed by atoms with E-state index in [-0.39, 0.29) is 0 Å². The highest BCUT2D eigenvalue weighted by Crippen LogP contribution is 2.29. The van der Waals surface area contributed by atoms with Crippen LogP contribution in [0.2, 0.25) is 0 Å². The molecule has 0 saturated heterocycles. The predicted molar refractivity (Wildman–Crippen MR) is 85.3 cm³/mol. The van der Waals surface area contributed by atoms with Crippen LogP contribution in [-0.4, -0.2) is 39.8 Å². The van der Waals surface area contributed by atoms with Crippen molar-refractivity contribution in [2.24, 2.45) is 10.9 Å². The maximum Gasteiger partial charge on any atom is 0.191 e. The third-order valence-electron chi connectivity index (χ3n) is 3.81. The Morgan fingerprint density at radius 2 is 2.00 bits per heavy atom. The Morgan fingerprint density at radius 3 is 2.57 bits per heavy atom. The molecule has 1 saturated carbocycles. The molecular weight excluding hydrogens is 266 g/mol. The second-order valence-corrected chi connectivity index (χ2v) is 5.40. The van der Waals surface area contributed by atoms with Crippen LogP contribution in [0.25, 0.3) is 0 Å². The first kappa shape index (κ1) is 15.5. The molecule has 116 valence electrons. The van der Waals surface area contributed by atoms with Crippen molar-refractivity contribution in [3.05, 3.63) is 23.8 Å². The van der Waals surface area contributed by atoms with E-state index in [1.807, 2.05) is 12.1 Å². The van der Waals surface area contributed by atoms with Gasteiger partial charge >= 0.3 is 0 Å². The molecule has 5 heteroatoms. The Balaban J connectivity index is 1.82. The van der Waals surface area contributed by atoms with E-state index >= 15 is 0 Å². The molecule has 2 unspecified atom stereocenters. The van der Waals surface area contributed by atoms with Gasteiger partial charge in [-0.2, -0.15) is 0 Å². The monoisotopic (exact) mass is 291 g/mol. The van der Waals surface area contributed by atoms with Crippen LogP contribution >= 0.6 is 0 Å². The zero-order valence-corrected chi connectivity index (χ0v) is 13.3. The van der Waals surface area contributed by atoms with Gasteiger partial charge in [0.25, 0.3) is 0 Å². The van der Waals surface area contributed by atoms with Crippen molar-refractivity contribution in [1.29, 1.82) is 0 Å². The molecule has 1 aromatic carbocycles. The van der Waals surface area contributed by atoms with E-state index in [0.717, 1.165) is 36.3 Å². The average Bonchev–Trinajstić information content (AvgIpc) is 3.21. The van der Waals surface area contributed by atoms with Crippen molar-refractivity contribution in [3.63, 3.8) is 0 Å². The molecule has 0 aliphatic heterocycles. The van der Waals surface area contributed by atoms with Crippen molar-refractivity contribution in [2.75, 3.05) is 27.8 Å². The number of nitrogens with zero attached hydrogens (tertiary/aromatic N) is 1. The fourth-order valence-corrected chi connectivity index (χ4v) is 2.25. The van der Waals surface area contributed by atoms with Gasteiger partial charge in [0, 0.05) is 19.6 Å². The molecule has 0 spiro atoms. The van der Waals surface area contributed by atoms with E-state index in [1.165, 1.54) is 12.0 Å². The molecule has 1 aliphatic rings. The lowest BCUT2D eigenvalue weighted by Gasteiger charge is -2.12. The number of nitrogens with one attached hydrogen (secondary N) is 2. The minimum absolute atomic E-state index is 0.581. The van der Waals surface area contributed by atoms with Crippen LogP contribution in [0.15, 0.2) is 23.2 Å². The maximum atomic E-state index is 5.32. The lowest BCUT2D eigenvalue weighted by Crippen LogP contribution is -2.39. The van der Waals surface area contributed by atoms with Gasteiger partial charge in [0.1, 0.15) is 0 Å². The number of methoxy groups -OCH3 is 2. The smallest absolute Gasteiger partial charge is 0.191 e. The first-order valence-corrected chi connectivity index (χ1v) is 7.36. The van der Waals surface area contributed by atoms with Crippen molar-refractivity contribution in [2.45, 2.75) is 25.8 Å². The minimum atomic E-state index is 0.581. The van der Waals surface area contributed by atoms with Gasteiger partial charge in [-0.05, 0) is 36.5 Å². The predicted octanol–water partition coefficient (Wildman–Crippen LogP) is 1.82. The zero-order valence-electron chi connectivity index (χ0n) is 13.3. The first-order valence-electron chi connectivity index (χ1n) is 7.36. The molecule has 5 nitrogen and oxygen atoms in total. The van der Waals surface area contributed by atoms with Crippen molar-refractivity contribution >= 4 is 5.96 Å². The Morgan fingerprint density at radius 1 is 1.29 bits per heavy atom. The quantitative estimate of drug-likeness (QED) is 0.620. The second-order valence-electron chi connectivity index (χ2n) is 5.40. The number of ether oxygens (including phenoxy) is 2. The molecule has 1 aromatic rings. The number of benzene rings is 1. The Kier molecular flexibility index (Phi) is 5.31. The topological polar surface area (TPSA) is 54.9 Å². The standard InChI is InChI=1S/C16H25N3O2/c1-11-9-13(11)19-16(17-2)18-8-7-12-5-6-14(20-3)15(10-12)21-4/h5-6,10-11,13H,7-9H2,1-4H3,(H2,17,18,19). The van der Waals surface area contributed by atoms with Crippen LogP contribution in [0.3, 0.4) is 0 Å². The summed E-state index contributed by atoms with van der Waals surface area (Å²) in [5.41, 5.74) is 1.20. The molecule has 2 N–H and O–H groups in total. The lowest BCUT2D eigenvalue weighted by molar-refractivity contribution is 0.354. The summed E-state index contributed by atoms with van der Waals surface area (Å²) < 4.78 is 10.6. The third kappa shape index (κ3) is 4.28. The third-order valence-corrected chi connectivity index (χ3v) is 3.81. The minimum Gasteiger partial charge on any atom is -0.493 e. The maximum absolute atomic E-state index is 5.32. The molecule has 0 bridgehead atoms. The summed E-state index contributed by atoms with van der Waals surface area (Å²) in [4.78, 5) is 4.24. The van der Waals surface area contributed by atoms with Gasteiger partial charge in [0.2, 0.25) is 0 Å². The summed E-state index contributed by atoms with van der Waals surface area (Å²) in [7, 11) is 5.11. The Labute approximate surface area is 126 Å². The molecule has 2 atom stereocenters. The van der Waals surface area contributed by atoms with Gasteiger partial charge in [-0.15, -0.1) is 0 Å². The molecule has 0 heterocycles. The summed E-state index contributed by atoms with van der Waals surface area (Å²) in [5.74, 6) is 3.16. The van der Waals surface area contributed by atoms with Gasteiger partial charge in [-0.25, -0.2) is 0 Å². The molecule has 0 radical (unpaired) electrons. The normalized spacial score (nSPS) is 20.9. The number of hydrogen-bond acceptors (Lipinski definition) is 3. The Hall–Kier alpha value is -1.91. The summed E-state index contributed by atoms with van der Waals surface area (Å²) in [6.07, 6.45) is 2.14. The van der Waals surface area contributed by atoms with E-state index in [1.54, 1.807) is 21.3 Å². The fourth-order valence-electron chi connectivity index (χ4n) is 2.25. The molecule has 1 aliphatic carbocycles. The number of hydrogen-bond donors (Lipinski definition) is 2. The zero-order chi connectivity index (χ0) is 15.2.